The molecule has 1 aromatic heterocycles. The molecule has 1 heterocycles. The molecule has 3 aromatic carbocycles. The van der Waals surface area contributed by atoms with E-state index in [0.717, 1.165) is 4.68 Å². The van der Waals surface area contributed by atoms with Gasteiger partial charge in [0.05, 0.1) is 27.7 Å². The number of fused-ring (bicyclic) bond motifs is 1. The largest absolute Gasteiger partial charge is 0.476 e. The minimum absolute atomic E-state index is 0.0601. The average Bonchev–Trinajstić information content (AvgIpc) is 2.88. The van der Waals surface area contributed by atoms with Gasteiger partial charge in [-0.1, -0.05) is 50.9 Å². The van der Waals surface area contributed by atoms with Crippen LogP contribution in [0, 0.1) is 15.9 Å². The number of hydrogen-bond donors (Lipinski definition) is 1. The van der Waals surface area contributed by atoms with Gasteiger partial charge >= 0.3 is 5.69 Å². The summed E-state index contributed by atoms with van der Waals surface area (Å²) in [5, 5.41) is 18.7. The van der Waals surface area contributed by atoms with E-state index in [9.17, 15) is 24.1 Å². The van der Waals surface area contributed by atoms with Crippen LogP contribution in [0.4, 0.5) is 15.8 Å². The summed E-state index contributed by atoms with van der Waals surface area (Å²) >= 11 is 6.57. The lowest BCUT2D eigenvalue weighted by atomic mass is 10.2. The molecular weight excluding hydrogens is 629 g/mol. The number of ether oxygens (including phenoxy) is 1. The Kier molecular flexibility index (Phi) is 8.27. The second-order valence-corrected chi connectivity index (χ2v) is 9.65. The lowest BCUT2D eigenvalue weighted by Crippen LogP contribution is -2.22. The van der Waals surface area contributed by atoms with Crippen LogP contribution < -0.4 is 15.6 Å². The molecule has 4 aromatic rings. The Bertz CT molecular complexity index is 1660. The number of nitro groups is 1. The Hall–Kier alpha value is -3.97. The topological polar surface area (TPSA) is 129 Å². The van der Waals surface area contributed by atoms with Crippen molar-refractivity contribution in [1.82, 2.24) is 9.66 Å². The number of hydrogen-bond acceptors (Lipinski definition) is 7. The van der Waals surface area contributed by atoms with Crippen LogP contribution in [0.15, 0.2) is 73.4 Å². The Balaban J connectivity index is 1.71. The summed E-state index contributed by atoms with van der Waals surface area (Å²) in [5.41, 5.74) is -0.309. The molecule has 0 aliphatic carbocycles. The minimum atomic E-state index is -0.732. The highest BCUT2D eigenvalue weighted by Crippen LogP contribution is 2.34. The molecule has 194 valence electrons. The number of amides is 1. The summed E-state index contributed by atoms with van der Waals surface area (Å²) in [6.07, 6.45) is 1.60. The second-order valence-electron chi connectivity index (χ2n) is 7.82. The number of carbonyl (C=O) groups excluding carboxylic acids is 1. The zero-order valence-corrected chi connectivity index (χ0v) is 22.8. The number of carbonyl (C=O) groups is 1. The van der Waals surface area contributed by atoms with Crippen molar-refractivity contribution in [2.24, 2.45) is 5.10 Å². The first kappa shape index (κ1) is 27.1. The maximum Gasteiger partial charge on any atom is 0.312 e. The van der Waals surface area contributed by atoms with Crippen molar-refractivity contribution < 1.29 is 18.8 Å². The maximum absolute atomic E-state index is 13.9. The Morgan fingerprint density at radius 3 is 2.68 bits per heavy atom. The van der Waals surface area contributed by atoms with Gasteiger partial charge in [-0.15, -0.1) is 0 Å². The van der Waals surface area contributed by atoms with Crippen LogP contribution in [-0.2, 0) is 11.2 Å². The number of nitrogens with zero attached hydrogens (tertiary/aromatic N) is 4. The highest BCUT2D eigenvalue weighted by molar-refractivity contribution is 9.10. The molecule has 0 bridgehead atoms. The second kappa shape index (κ2) is 11.6. The van der Waals surface area contributed by atoms with Gasteiger partial charge in [0.2, 0.25) is 5.75 Å². The van der Waals surface area contributed by atoms with Gasteiger partial charge in [-0.3, -0.25) is 19.7 Å². The first-order valence-corrected chi connectivity index (χ1v) is 12.7. The third-order valence-corrected chi connectivity index (χ3v) is 6.21. The fourth-order valence-corrected chi connectivity index (χ4v) is 4.36. The number of nitrogens with one attached hydrogen (secondary N) is 1. The molecule has 0 spiro atoms. The molecule has 1 N–H and O–H groups in total. The van der Waals surface area contributed by atoms with Crippen molar-refractivity contribution in [3.63, 3.8) is 0 Å². The molecule has 0 aliphatic rings. The highest BCUT2D eigenvalue weighted by atomic mass is 79.9. The lowest BCUT2D eigenvalue weighted by molar-refractivity contribution is -0.385. The number of anilines is 1. The first-order valence-electron chi connectivity index (χ1n) is 11.1. The summed E-state index contributed by atoms with van der Waals surface area (Å²) in [4.78, 5) is 41.1. The molecule has 0 unspecified atom stereocenters. The Labute approximate surface area is 231 Å². The van der Waals surface area contributed by atoms with Gasteiger partial charge in [0.25, 0.3) is 11.5 Å². The van der Waals surface area contributed by atoms with Crippen LogP contribution in [0.25, 0.3) is 10.9 Å². The molecule has 0 atom stereocenters. The Morgan fingerprint density at radius 2 is 1.97 bits per heavy atom. The van der Waals surface area contributed by atoms with Gasteiger partial charge in [0, 0.05) is 27.0 Å². The standard InChI is InChI=1S/C25H18Br2FN5O5/c1-2-22-30-19-8-7-15(26)10-17(19)25(35)32(22)29-12-14-9-16(27)11-21(33(36)37)24(14)38-13-23(34)31-20-6-4-3-5-18(20)28/h3-12H,2,13H2,1H3,(H,31,34). The summed E-state index contributed by atoms with van der Waals surface area (Å²) in [7, 11) is 0. The van der Waals surface area contributed by atoms with E-state index in [1.807, 2.05) is 6.92 Å². The van der Waals surface area contributed by atoms with E-state index in [1.165, 1.54) is 36.5 Å². The average molecular weight is 647 g/mol. The lowest BCUT2D eigenvalue weighted by Gasteiger charge is -2.12. The summed E-state index contributed by atoms with van der Waals surface area (Å²) in [6.45, 7) is 1.16. The predicted molar refractivity (Wildman–Crippen MR) is 147 cm³/mol. The fourth-order valence-electron chi connectivity index (χ4n) is 3.54. The number of aryl methyl sites for hydroxylation is 1. The van der Waals surface area contributed by atoms with Gasteiger partial charge in [-0.2, -0.15) is 9.78 Å². The minimum Gasteiger partial charge on any atom is -0.476 e. The van der Waals surface area contributed by atoms with Crippen LogP contribution in [0.1, 0.15) is 18.3 Å². The molecule has 13 heteroatoms. The SMILES string of the molecule is CCc1nc2ccc(Br)cc2c(=O)n1N=Cc1cc(Br)cc([N+](=O)[O-])c1OCC(=O)Nc1ccccc1F. The van der Waals surface area contributed by atoms with E-state index < -0.39 is 34.5 Å². The molecule has 4 rings (SSSR count). The number of benzene rings is 3. The van der Waals surface area contributed by atoms with Crippen molar-refractivity contribution in [3.8, 4) is 5.75 Å². The molecule has 0 fully saturated rings. The zero-order valence-electron chi connectivity index (χ0n) is 19.7. The summed E-state index contributed by atoms with van der Waals surface area (Å²) in [5.74, 6) is -1.26. The third-order valence-electron chi connectivity index (χ3n) is 5.26. The van der Waals surface area contributed by atoms with Gasteiger partial charge in [-0.25, -0.2) is 9.37 Å². The Morgan fingerprint density at radius 1 is 1.21 bits per heavy atom. The zero-order chi connectivity index (χ0) is 27.4. The van der Waals surface area contributed by atoms with Gasteiger partial charge in [0.1, 0.15) is 11.6 Å². The molecule has 38 heavy (non-hydrogen) atoms. The van der Waals surface area contributed by atoms with Crippen LogP contribution in [0.3, 0.4) is 0 Å². The van der Waals surface area contributed by atoms with Crippen molar-refractivity contribution in [3.05, 3.63) is 101 Å². The number of para-hydroxylation sites is 1. The van der Waals surface area contributed by atoms with Crippen molar-refractivity contribution >= 4 is 66.3 Å². The monoisotopic (exact) mass is 645 g/mol. The molecule has 10 nitrogen and oxygen atoms in total. The van der Waals surface area contributed by atoms with E-state index in [4.69, 9.17) is 4.74 Å². The molecule has 0 saturated carbocycles. The molecule has 0 radical (unpaired) electrons. The molecular formula is C25H18Br2FN5O5. The van der Waals surface area contributed by atoms with Gasteiger partial charge in [-0.05, 0) is 36.4 Å². The third kappa shape index (κ3) is 5.94. The van der Waals surface area contributed by atoms with Crippen molar-refractivity contribution in [2.75, 3.05) is 11.9 Å². The van der Waals surface area contributed by atoms with E-state index in [0.29, 0.717) is 32.1 Å². The normalized spacial score (nSPS) is 11.2. The van der Waals surface area contributed by atoms with E-state index in [1.54, 1.807) is 24.3 Å². The molecule has 0 aliphatic heterocycles. The van der Waals surface area contributed by atoms with E-state index in [2.05, 4.69) is 47.3 Å². The van der Waals surface area contributed by atoms with Crippen molar-refractivity contribution in [1.29, 1.82) is 0 Å². The van der Waals surface area contributed by atoms with Gasteiger partial charge < -0.3 is 10.1 Å². The predicted octanol–water partition coefficient (Wildman–Crippen LogP) is 5.43. The first-order chi connectivity index (χ1) is 18.2. The van der Waals surface area contributed by atoms with E-state index >= 15 is 0 Å². The highest BCUT2D eigenvalue weighted by Gasteiger charge is 2.22. The quantitative estimate of drug-likeness (QED) is 0.154. The number of aromatic nitrogens is 2. The van der Waals surface area contributed by atoms with Gasteiger partial charge in [0.15, 0.2) is 6.61 Å². The summed E-state index contributed by atoms with van der Waals surface area (Å²) in [6, 6.07) is 13.4. The van der Waals surface area contributed by atoms with Crippen LogP contribution in [-0.4, -0.2) is 33.3 Å². The number of nitro benzene ring substituents is 1. The van der Waals surface area contributed by atoms with E-state index in [-0.39, 0.29) is 17.0 Å². The maximum atomic E-state index is 13.9. The van der Waals surface area contributed by atoms with Crippen LogP contribution >= 0.6 is 31.9 Å². The molecule has 0 saturated heterocycles. The number of halogens is 3. The fraction of sp³-hybridized carbons (Fsp3) is 0.120. The van der Waals surface area contributed by atoms with Crippen molar-refractivity contribution in [2.45, 2.75) is 13.3 Å². The smallest absolute Gasteiger partial charge is 0.312 e. The van der Waals surface area contributed by atoms with Crippen LogP contribution in [0.2, 0.25) is 0 Å². The summed E-state index contributed by atoms with van der Waals surface area (Å²) < 4.78 is 21.5. The number of rotatable bonds is 8. The van der Waals surface area contributed by atoms with Crippen LogP contribution in [0.5, 0.6) is 5.75 Å². The molecule has 1 amide bonds.